The van der Waals surface area contributed by atoms with Crippen molar-refractivity contribution in [2.24, 2.45) is 11.8 Å². The molecule has 1 saturated carbocycles. The number of nitrogens with one attached hydrogen (secondary N) is 1. The number of benzene rings is 2. The Morgan fingerprint density at radius 3 is 1.96 bits per heavy atom. The molecule has 0 aliphatic heterocycles. The Balaban J connectivity index is 1.60. The Bertz CT molecular complexity index is 815. The molecule has 2 aromatic rings. The summed E-state index contributed by atoms with van der Waals surface area (Å²) in [5.74, 6) is 0.801. The zero-order chi connectivity index (χ0) is 16.7. The monoisotopic (exact) mass is 453 g/mol. The third-order valence-corrected chi connectivity index (χ3v) is 7.62. The van der Waals surface area contributed by atoms with Crippen LogP contribution in [0, 0.1) is 15.4 Å². The van der Waals surface area contributed by atoms with Gasteiger partial charge in [-0.2, -0.15) is 0 Å². The molecule has 0 heterocycles. The lowest BCUT2D eigenvalue weighted by molar-refractivity contribution is 0.386. The van der Waals surface area contributed by atoms with Crippen LogP contribution in [0.1, 0.15) is 24.0 Å². The Labute approximate surface area is 157 Å². The van der Waals surface area contributed by atoms with Crippen LogP contribution in [0.15, 0.2) is 53.4 Å². The van der Waals surface area contributed by atoms with E-state index in [-0.39, 0.29) is 6.04 Å². The van der Waals surface area contributed by atoms with Gasteiger partial charge in [0, 0.05) is 9.61 Å². The second kappa shape index (κ2) is 6.42. The molecule has 2 aromatic carbocycles. The normalized spacial score (nSPS) is 26.0. The molecule has 2 bridgehead atoms. The Morgan fingerprint density at radius 1 is 0.875 bits per heavy atom. The number of halogens is 1. The lowest BCUT2D eigenvalue weighted by atomic mass is 9.94. The van der Waals surface area contributed by atoms with Crippen molar-refractivity contribution >= 4 is 32.6 Å². The van der Waals surface area contributed by atoms with Gasteiger partial charge in [-0.05, 0) is 95.5 Å². The topological polar surface area (TPSA) is 46.2 Å². The second-order valence-electron chi connectivity index (χ2n) is 6.88. The average Bonchev–Trinajstić information content (AvgIpc) is 2.82. The van der Waals surface area contributed by atoms with Crippen molar-refractivity contribution in [3.8, 4) is 0 Å². The second-order valence-corrected chi connectivity index (χ2v) is 9.84. The maximum absolute atomic E-state index is 12.8. The van der Waals surface area contributed by atoms with Gasteiger partial charge in [-0.1, -0.05) is 24.3 Å². The molecule has 0 aromatic heterocycles. The maximum Gasteiger partial charge on any atom is 0.240 e. The fraction of sp³-hybridized carbons (Fsp3) is 0.368. The van der Waals surface area contributed by atoms with Crippen LogP contribution in [0.3, 0.4) is 0 Å². The van der Waals surface area contributed by atoms with Gasteiger partial charge in [-0.25, -0.2) is 13.1 Å². The predicted molar refractivity (Wildman–Crippen MR) is 103 cm³/mol. The Hall–Kier alpha value is -0.920. The van der Waals surface area contributed by atoms with Gasteiger partial charge in [-0.3, -0.25) is 0 Å². The molecule has 4 rings (SSSR count). The standard InChI is InChI=1S/C19H20INO2S/c20-17-7-9-18(10-8-17)24(22,23)21-19-15-5-6-16(19)12-14-4-2-1-3-13(14)11-15/h1-4,7-10,15-16,19,21H,5-6,11-12H2. The summed E-state index contributed by atoms with van der Waals surface area (Å²) in [6, 6.07) is 15.7. The van der Waals surface area contributed by atoms with Crippen LogP contribution in [0.2, 0.25) is 0 Å². The number of hydrogen-bond donors (Lipinski definition) is 1. The predicted octanol–water partition coefficient (Wildman–Crippen LogP) is 3.76. The highest BCUT2D eigenvalue weighted by molar-refractivity contribution is 14.1. The van der Waals surface area contributed by atoms with Gasteiger partial charge in [0.25, 0.3) is 0 Å². The lowest BCUT2D eigenvalue weighted by Crippen LogP contribution is -2.41. The van der Waals surface area contributed by atoms with Crippen molar-refractivity contribution in [1.82, 2.24) is 4.72 Å². The molecule has 0 radical (unpaired) electrons. The molecule has 2 aliphatic carbocycles. The van der Waals surface area contributed by atoms with E-state index in [1.54, 1.807) is 12.1 Å². The molecule has 24 heavy (non-hydrogen) atoms. The summed E-state index contributed by atoms with van der Waals surface area (Å²) < 4.78 is 29.7. The van der Waals surface area contributed by atoms with E-state index in [0.717, 1.165) is 29.3 Å². The third-order valence-electron chi connectivity index (χ3n) is 5.42. The van der Waals surface area contributed by atoms with E-state index < -0.39 is 10.0 Å². The first-order valence-electron chi connectivity index (χ1n) is 8.37. The summed E-state index contributed by atoms with van der Waals surface area (Å²) in [6.45, 7) is 0. The van der Waals surface area contributed by atoms with Gasteiger partial charge in [0.2, 0.25) is 10.0 Å². The fourth-order valence-electron chi connectivity index (χ4n) is 4.20. The van der Waals surface area contributed by atoms with E-state index in [0.29, 0.717) is 16.7 Å². The molecule has 0 saturated heterocycles. The van der Waals surface area contributed by atoms with E-state index in [1.807, 2.05) is 12.1 Å². The van der Waals surface area contributed by atoms with Gasteiger partial charge in [-0.15, -0.1) is 0 Å². The maximum atomic E-state index is 12.8. The molecular weight excluding hydrogens is 433 g/mol. The highest BCUT2D eigenvalue weighted by Crippen LogP contribution is 2.40. The lowest BCUT2D eigenvalue weighted by Gasteiger charge is -2.23. The Morgan fingerprint density at radius 2 is 1.42 bits per heavy atom. The summed E-state index contributed by atoms with van der Waals surface area (Å²) in [5.41, 5.74) is 2.78. The van der Waals surface area contributed by atoms with Crippen molar-refractivity contribution in [3.05, 3.63) is 63.2 Å². The van der Waals surface area contributed by atoms with E-state index in [2.05, 4.69) is 51.6 Å². The van der Waals surface area contributed by atoms with Crippen molar-refractivity contribution in [2.75, 3.05) is 0 Å². The van der Waals surface area contributed by atoms with E-state index in [1.165, 1.54) is 11.1 Å². The van der Waals surface area contributed by atoms with Crippen molar-refractivity contribution in [3.63, 3.8) is 0 Å². The zero-order valence-corrected chi connectivity index (χ0v) is 16.3. The quantitative estimate of drug-likeness (QED) is 0.720. The molecule has 2 unspecified atom stereocenters. The van der Waals surface area contributed by atoms with Crippen LogP contribution in [0.5, 0.6) is 0 Å². The molecular formula is C19H20INO2S. The van der Waals surface area contributed by atoms with Gasteiger partial charge in [0.15, 0.2) is 0 Å². The van der Waals surface area contributed by atoms with Crippen LogP contribution in [0.25, 0.3) is 0 Å². The molecule has 3 nitrogen and oxygen atoms in total. The van der Waals surface area contributed by atoms with Gasteiger partial charge in [0.05, 0.1) is 4.90 Å². The molecule has 126 valence electrons. The summed E-state index contributed by atoms with van der Waals surface area (Å²) in [6.07, 6.45) is 4.18. The average molecular weight is 453 g/mol. The molecule has 1 fully saturated rings. The first-order valence-corrected chi connectivity index (χ1v) is 10.9. The van der Waals surface area contributed by atoms with E-state index in [9.17, 15) is 8.42 Å². The number of hydrogen-bond acceptors (Lipinski definition) is 2. The Kier molecular flexibility index (Phi) is 4.43. The van der Waals surface area contributed by atoms with E-state index >= 15 is 0 Å². The number of sulfonamides is 1. The minimum absolute atomic E-state index is 0.0432. The van der Waals surface area contributed by atoms with Crippen LogP contribution < -0.4 is 4.72 Å². The first kappa shape index (κ1) is 16.5. The van der Waals surface area contributed by atoms with Crippen LogP contribution in [-0.2, 0) is 22.9 Å². The largest absolute Gasteiger partial charge is 0.240 e. The number of fused-ring (bicyclic) bond motifs is 3. The SMILES string of the molecule is O=S(=O)(NC1C2CCC1Cc1ccccc1C2)c1ccc(I)cc1. The highest BCUT2D eigenvalue weighted by atomic mass is 127. The minimum Gasteiger partial charge on any atom is -0.207 e. The van der Waals surface area contributed by atoms with Gasteiger partial charge < -0.3 is 0 Å². The smallest absolute Gasteiger partial charge is 0.207 e. The van der Waals surface area contributed by atoms with Crippen molar-refractivity contribution in [2.45, 2.75) is 36.6 Å². The highest BCUT2D eigenvalue weighted by Gasteiger charge is 2.41. The molecule has 2 aliphatic rings. The first-order chi connectivity index (χ1) is 11.5. The summed E-state index contributed by atoms with van der Waals surface area (Å²) in [5, 5.41) is 0. The fourth-order valence-corrected chi connectivity index (χ4v) is 5.94. The minimum atomic E-state index is -3.46. The van der Waals surface area contributed by atoms with Crippen molar-refractivity contribution < 1.29 is 8.42 Å². The molecule has 0 spiro atoms. The molecule has 0 amide bonds. The molecule has 5 heteroatoms. The summed E-state index contributed by atoms with van der Waals surface area (Å²) in [4.78, 5) is 0.365. The summed E-state index contributed by atoms with van der Waals surface area (Å²) in [7, 11) is -3.46. The van der Waals surface area contributed by atoms with Crippen LogP contribution >= 0.6 is 22.6 Å². The van der Waals surface area contributed by atoms with Crippen molar-refractivity contribution in [1.29, 1.82) is 0 Å². The van der Waals surface area contributed by atoms with Gasteiger partial charge in [0.1, 0.15) is 0 Å². The summed E-state index contributed by atoms with van der Waals surface area (Å²) >= 11 is 2.19. The molecule has 1 N–H and O–H groups in total. The van der Waals surface area contributed by atoms with Gasteiger partial charge >= 0.3 is 0 Å². The number of rotatable bonds is 3. The van der Waals surface area contributed by atoms with Crippen LogP contribution in [0.4, 0.5) is 0 Å². The zero-order valence-electron chi connectivity index (χ0n) is 13.3. The van der Waals surface area contributed by atoms with Crippen LogP contribution in [-0.4, -0.2) is 14.5 Å². The third kappa shape index (κ3) is 3.13. The van der Waals surface area contributed by atoms with E-state index in [4.69, 9.17) is 0 Å². The molecule has 2 atom stereocenters.